The van der Waals surface area contributed by atoms with E-state index in [2.05, 4.69) is 30.3 Å². The first kappa shape index (κ1) is 23.4. The molecule has 5 heteroatoms. The van der Waals surface area contributed by atoms with Crippen LogP contribution in [0.5, 0.6) is 0 Å². The second-order valence-electron chi connectivity index (χ2n) is 8.47. The minimum absolute atomic E-state index is 0.178. The van der Waals surface area contributed by atoms with Crippen LogP contribution in [-0.4, -0.2) is 23.5 Å². The van der Waals surface area contributed by atoms with E-state index in [-0.39, 0.29) is 4.90 Å². The second-order valence-corrected chi connectivity index (χ2v) is 12.4. The number of hydrogen-bond acceptors (Lipinski definition) is 3. The van der Waals surface area contributed by atoms with Gasteiger partial charge >= 0.3 is 0 Å². The van der Waals surface area contributed by atoms with Crippen molar-refractivity contribution in [3.05, 3.63) is 60.2 Å². The maximum absolute atomic E-state index is 10.4. The highest BCUT2D eigenvalue weighted by Gasteiger charge is 2.41. The molecule has 0 radical (unpaired) electrons. The SMILES string of the molecule is Cc1ccc(S(=O)(=O)[O-])cc1.c1ccc([S+](C2CCCCC2)C2CCCCC2)cc1. The van der Waals surface area contributed by atoms with Gasteiger partial charge in [0.05, 0.1) is 4.90 Å². The van der Waals surface area contributed by atoms with E-state index in [0.29, 0.717) is 10.9 Å². The van der Waals surface area contributed by atoms with Crippen LogP contribution < -0.4 is 0 Å². The Bertz CT molecular complexity index is 833. The van der Waals surface area contributed by atoms with Crippen LogP contribution in [0, 0.1) is 6.92 Å². The summed E-state index contributed by atoms with van der Waals surface area (Å²) < 4.78 is 31.2. The third-order valence-corrected chi connectivity index (χ3v) is 10.2. The summed E-state index contributed by atoms with van der Waals surface area (Å²) in [5.74, 6) is 0. The van der Waals surface area contributed by atoms with E-state index in [4.69, 9.17) is 0 Å². The fraction of sp³-hybridized carbons (Fsp3) is 0.520. The van der Waals surface area contributed by atoms with Crippen LogP contribution in [0.25, 0.3) is 0 Å². The summed E-state index contributed by atoms with van der Waals surface area (Å²) in [7, 11) is -3.73. The Morgan fingerprint density at radius 1 is 0.733 bits per heavy atom. The highest BCUT2D eigenvalue weighted by Crippen LogP contribution is 2.38. The molecule has 2 aliphatic rings. The van der Waals surface area contributed by atoms with Crippen molar-refractivity contribution in [2.75, 3.05) is 0 Å². The van der Waals surface area contributed by atoms with E-state index in [1.165, 1.54) is 76.3 Å². The molecule has 4 rings (SSSR count). The number of benzene rings is 2. The fourth-order valence-electron chi connectivity index (χ4n) is 4.58. The third kappa shape index (κ3) is 6.86. The van der Waals surface area contributed by atoms with Gasteiger partial charge in [0.1, 0.15) is 20.6 Å². The summed E-state index contributed by atoms with van der Waals surface area (Å²) in [6.07, 6.45) is 14.9. The molecule has 0 unspecified atom stereocenters. The van der Waals surface area contributed by atoms with Crippen molar-refractivity contribution in [3.63, 3.8) is 0 Å². The van der Waals surface area contributed by atoms with Crippen LogP contribution in [0.2, 0.25) is 0 Å². The number of hydrogen-bond donors (Lipinski definition) is 0. The zero-order valence-electron chi connectivity index (χ0n) is 18.0. The Labute approximate surface area is 185 Å². The molecule has 30 heavy (non-hydrogen) atoms. The van der Waals surface area contributed by atoms with Gasteiger partial charge in [0.2, 0.25) is 0 Å². The minimum Gasteiger partial charge on any atom is -0.744 e. The predicted molar refractivity (Wildman–Crippen MR) is 125 cm³/mol. The van der Waals surface area contributed by atoms with Gasteiger partial charge in [-0.3, -0.25) is 0 Å². The lowest BCUT2D eigenvalue weighted by atomic mass is 10.00. The van der Waals surface area contributed by atoms with E-state index in [1.807, 2.05) is 6.92 Å². The molecule has 2 aromatic carbocycles. The maximum atomic E-state index is 10.4. The Balaban J connectivity index is 0.000000199. The molecule has 0 saturated heterocycles. The van der Waals surface area contributed by atoms with Crippen molar-refractivity contribution in [3.8, 4) is 0 Å². The summed E-state index contributed by atoms with van der Waals surface area (Å²) in [4.78, 5) is 1.49. The topological polar surface area (TPSA) is 57.2 Å². The van der Waals surface area contributed by atoms with Gasteiger partial charge in [-0.05, 0) is 82.6 Å². The molecular formula is C25H34O3S2. The lowest BCUT2D eigenvalue weighted by Gasteiger charge is -2.30. The molecule has 164 valence electrons. The average Bonchev–Trinajstić information content (AvgIpc) is 2.76. The summed E-state index contributed by atoms with van der Waals surface area (Å²) in [6, 6.07) is 17.3. The van der Waals surface area contributed by atoms with Crippen LogP contribution in [0.4, 0.5) is 0 Å². The first-order chi connectivity index (χ1) is 14.4. The average molecular weight is 447 g/mol. The van der Waals surface area contributed by atoms with Crippen molar-refractivity contribution >= 4 is 21.0 Å². The molecule has 0 spiro atoms. The van der Waals surface area contributed by atoms with Crippen molar-refractivity contribution in [2.45, 2.75) is 91.4 Å². The third-order valence-electron chi connectivity index (χ3n) is 6.15. The summed E-state index contributed by atoms with van der Waals surface area (Å²) >= 11 is 0. The monoisotopic (exact) mass is 446 g/mol. The summed E-state index contributed by atoms with van der Waals surface area (Å²) in [5.41, 5.74) is 0.928. The largest absolute Gasteiger partial charge is 0.744 e. The van der Waals surface area contributed by atoms with Gasteiger partial charge in [0.25, 0.3) is 0 Å². The van der Waals surface area contributed by atoms with E-state index in [0.717, 1.165) is 16.1 Å². The molecule has 2 aromatic rings. The lowest BCUT2D eigenvalue weighted by Crippen LogP contribution is -2.35. The molecule has 2 fully saturated rings. The molecule has 2 aliphatic carbocycles. The molecule has 0 aromatic heterocycles. The molecule has 0 N–H and O–H groups in total. The Morgan fingerprint density at radius 3 is 1.63 bits per heavy atom. The van der Waals surface area contributed by atoms with Gasteiger partial charge in [-0.15, -0.1) is 0 Å². The van der Waals surface area contributed by atoms with E-state index >= 15 is 0 Å². The van der Waals surface area contributed by atoms with Gasteiger partial charge < -0.3 is 4.55 Å². The van der Waals surface area contributed by atoms with Crippen LogP contribution in [0.15, 0.2) is 64.4 Å². The Morgan fingerprint density at radius 2 is 1.20 bits per heavy atom. The van der Waals surface area contributed by atoms with Crippen LogP contribution in [-0.2, 0) is 21.0 Å². The van der Waals surface area contributed by atoms with Gasteiger partial charge in [-0.25, -0.2) is 8.42 Å². The summed E-state index contributed by atoms with van der Waals surface area (Å²) in [6.45, 7) is 1.82. The highest BCUT2D eigenvalue weighted by molar-refractivity contribution is 7.98. The molecule has 0 bridgehead atoms. The first-order valence-electron chi connectivity index (χ1n) is 11.2. The van der Waals surface area contributed by atoms with Crippen LogP contribution in [0.1, 0.15) is 69.8 Å². The quantitative estimate of drug-likeness (QED) is 0.413. The van der Waals surface area contributed by atoms with Crippen LogP contribution in [0.3, 0.4) is 0 Å². The van der Waals surface area contributed by atoms with E-state index in [1.54, 1.807) is 17.0 Å². The number of rotatable bonds is 4. The first-order valence-corrected chi connectivity index (χ1v) is 14.0. The van der Waals surface area contributed by atoms with Crippen molar-refractivity contribution in [1.82, 2.24) is 0 Å². The zero-order chi connectivity index (χ0) is 21.4. The molecule has 0 aliphatic heterocycles. The molecule has 0 amide bonds. The maximum Gasteiger partial charge on any atom is 0.155 e. The highest BCUT2D eigenvalue weighted by atomic mass is 32.2. The fourth-order valence-corrected chi connectivity index (χ4v) is 8.52. The van der Waals surface area contributed by atoms with Crippen molar-refractivity contribution in [1.29, 1.82) is 0 Å². The predicted octanol–water partition coefficient (Wildman–Crippen LogP) is 6.23. The second kappa shape index (κ2) is 11.4. The number of aryl methyl sites for hydroxylation is 1. The summed E-state index contributed by atoms with van der Waals surface area (Å²) in [5, 5.41) is 2.00. The standard InChI is InChI=1S/C18H27S.C7H8O3S/c1-4-10-16(11-5-1)19(17-12-6-2-7-13-17)18-14-8-3-9-15-18;1-6-2-4-7(5-3-6)11(8,9)10/h1,4-5,10-11,17-18H,2-3,6-9,12-15H2;2-5H,1H3,(H,8,9,10)/q+1;/p-1. The molecule has 0 atom stereocenters. The Kier molecular flexibility index (Phi) is 8.84. The van der Waals surface area contributed by atoms with Gasteiger partial charge in [-0.1, -0.05) is 48.7 Å². The van der Waals surface area contributed by atoms with Gasteiger partial charge in [0.15, 0.2) is 4.90 Å². The zero-order valence-corrected chi connectivity index (χ0v) is 19.6. The van der Waals surface area contributed by atoms with Crippen molar-refractivity contribution in [2.24, 2.45) is 0 Å². The van der Waals surface area contributed by atoms with E-state index < -0.39 is 10.1 Å². The molecule has 2 saturated carbocycles. The molecule has 3 nitrogen and oxygen atoms in total. The van der Waals surface area contributed by atoms with Crippen LogP contribution >= 0.6 is 0 Å². The van der Waals surface area contributed by atoms with Crippen molar-refractivity contribution < 1.29 is 13.0 Å². The lowest BCUT2D eigenvalue weighted by molar-refractivity contribution is 0.463. The smallest absolute Gasteiger partial charge is 0.155 e. The normalized spacial score (nSPS) is 18.6. The minimum atomic E-state index is -4.27. The van der Waals surface area contributed by atoms with Gasteiger partial charge in [0, 0.05) is 10.9 Å². The Hall–Kier alpha value is -1.30. The molecule has 0 heterocycles. The van der Waals surface area contributed by atoms with Gasteiger partial charge in [-0.2, -0.15) is 0 Å². The molecular weight excluding hydrogens is 412 g/mol. The van der Waals surface area contributed by atoms with E-state index in [9.17, 15) is 13.0 Å².